The van der Waals surface area contributed by atoms with Crippen LogP contribution in [0.3, 0.4) is 0 Å². The molecule has 26 heavy (non-hydrogen) atoms. The van der Waals surface area contributed by atoms with Crippen molar-refractivity contribution in [1.82, 2.24) is 14.6 Å². The first-order chi connectivity index (χ1) is 12.7. The van der Waals surface area contributed by atoms with Gasteiger partial charge in [0.25, 0.3) is 0 Å². The van der Waals surface area contributed by atoms with Gasteiger partial charge in [-0.25, -0.2) is 13.3 Å². The molecule has 0 bridgehead atoms. The highest BCUT2D eigenvalue weighted by Gasteiger charge is 2.11. The summed E-state index contributed by atoms with van der Waals surface area (Å²) in [4.78, 5) is 4.49. The summed E-state index contributed by atoms with van der Waals surface area (Å²) in [7, 11) is 0. The Bertz CT molecular complexity index is 1060. The fourth-order valence-corrected chi connectivity index (χ4v) is 2.70. The zero-order chi connectivity index (χ0) is 17.9. The molecule has 0 fully saturated rings. The molecule has 0 atom stereocenters. The highest BCUT2D eigenvalue weighted by molar-refractivity contribution is 5.78. The number of aromatic nitrogens is 3. The topological polar surface area (TPSA) is 51.5 Å². The maximum Gasteiger partial charge on any atom is 0.247 e. The van der Waals surface area contributed by atoms with E-state index in [0.717, 1.165) is 11.1 Å². The molecular weight excluding hydrogens is 338 g/mol. The van der Waals surface area contributed by atoms with E-state index in [4.69, 9.17) is 4.74 Å². The van der Waals surface area contributed by atoms with E-state index < -0.39 is 6.86 Å². The maximum atomic E-state index is 13.3. The van der Waals surface area contributed by atoms with Gasteiger partial charge in [0.15, 0.2) is 5.65 Å². The number of benzene rings is 2. The lowest BCUT2D eigenvalue weighted by Crippen LogP contribution is -1.93. The second-order valence-electron chi connectivity index (χ2n) is 5.54. The zero-order valence-corrected chi connectivity index (χ0v) is 13.6. The number of hydrogen-bond donors (Lipinski definition) is 1. The third kappa shape index (κ3) is 3.19. The fraction of sp³-hybridized carbons (Fsp3) is 0.0526. The van der Waals surface area contributed by atoms with Crippen LogP contribution in [0.15, 0.2) is 66.9 Å². The molecule has 1 N–H and O–H groups in total. The summed E-state index contributed by atoms with van der Waals surface area (Å²) in [5.41, 5.74) is 2.81. The Morgan fingerprint density at radius 2 is 1.92 bits per heavy atom. The van der Waals surface area contributed by atoms with Crippen molar-refractivity contribution in [3.05, 3.63) is 72.7 Å². The normalized spacial score (nSPS) is 10.8. The van der Waals surface area contributed by atoms with Crippen molar-refractivity contribution in [3.63, 3.8) is 0 Å². The SMILES string of the molecule is FCOc1cccc(-c2cccn3nc(Nc4cccc(F)c4)nc23)c1. The molecule has 0 unspecified atom stereocenters. The number of rotatable bonds is 5. The third-order valence-electron chi connectivity index (χ3n) is 3.81. The average Bonchev–Trinajstić information content (AvgIpc) is 3.04. The highest BCUT2D eigenvalue weighted by atomic mass is 19.1. The Labute approximate surface area is 147 Å². The summed E-state index contributed by atoms with van der Waals surface area (Å²) in [5, 5.41) is 7.35. The minimum atomic E-state index is -0.889. The summed E-state index contributed by atoms with van der Waals surface area (Å²) >= 11 is 0. The molecule has 7 heteroatoms. The minimum absolute atomic E-state index is 0.343. The lowest BCUT2D eigenvalue weighted by atomic mass is 10.1. The molecule has 0 aliphatic heterocycles. The molecule has 0 aliphatic rings. The number of alkyl halides is 1. The van der Waals surface area contributed by atoms with Gasteiger partial charge in [0.05, 0.1) is 0 Å². The van der Waals surface area contributed by atoms with Gasteiger partial charge in [-0.2, -0.15) is 4.98 Å². The van der Waals surface area contributed by atoms with E-state index in [1.807, 2.05) is 18.2 Å². The summed E-state index contributed by atoms with van der Waals surface area (Å²) in [6, 6.07) is 16.9. The number of anilines is 2. The van der Waals surface area contributed by atoms with Crippen molar-refractivity contribution in [1.29, 1.82) is 0 Å². The van der Waals surface area contributed by atoms with Crippen molar-refractivity contribution < 1.29 is 13.5 Å². The molecule has 2 aromatic heterocycles. The summed E-state index contributed by atoms with van der Waals surface area (Å²) in [6.07, 6.45) is 1.77. The summed E-state index contributed by atoms with van der Waals surface area (Å²) in [5.74, 6) is 0.438. The van der Waals surface area contributed by atoms with Crippen LogP contribution in [0.25, 0.3) is 16.8 Å². The molecule has 0 aliphatic carbocycles. The Balaban J connectivity index is 1.73. The number of nitrogens with zero attached hydrogens (tertiary/aromatic N) is 3. The Morgan fingerprint density at radius 1 is 1.04 bits per heavy atom. The number of halogens is 2. The van der Waals surface area contributed by atoms with Crippen LogP contribution in [-0.2, 0) is 0 Å². The van der Waals surface area contributed by atoms with E-state index >= 15 is 0 Å². The van der Waals surface area contributed by atoms with Crippen LogP contribution in [0.1, 0.15) is 0 Å². The first kappa shape index (κ1) is 16.0. The second-order valence-corrected chi connectivity index (χ2v) is 5.54. The van der Waals surface area contributed by atoms with Crippen molar-refractivity contribution in [3.8, 4) is 16.9 Å². The minimum Gasteiger partial charge on any atom is -0.463 e. The first-order valence-corrected chi connectivity index (χ1v) is 7.90. The van der Waals surface area contributed by atoms with Gasteiger partial charge in [-0.3, -0.25) is 0 Å². The van der Waals surface area contributed by atoms with Gasteiger partial charge in [0.1, 0.15) is 11.6 Å². The van der Waals surface area contributed by atoms with E-state index in [1.54, 1.807) is 41.0 Å². The Morgan fingerprint density at radius 3 is 2.77 bits per heavy atom. The molecular formula is C19H14F2N4O. The van der Waals surface area contributed by atoms with Crippen LogP contribution in [0.2, 0.25) is 0 Å². The molecule has 130 valence electrons. The summed E-state index contributed by atoms with van der Waals surface area (Å²) < 4.78 is 32.3. The van der Waals surface area contributed by atoms with Crippen LogP contribution in [0.5, 0.6) is 5.75 Å². The third-order valence-corrected chi connectivity index (χ3v) is 3.81. The van der Waals surface area contributed by atoms with Gasteiger partial charge in [-0.05, 0) is 48.0 Å². The van der Waals surface area contributed by atoms with E-state index in [1.165, 1.54) is 12.1 Å². The molecule has 4 aromatic rings. The number of nitrogens with one attached hydrogen (secondary N) is 1. The molecule has 2 aromatic carbocycles. The quantitative estimate of drug-likeness (QED) is 0.571. The Hall–Kier alpha value is -3.48. The largest absolute Gasteiger partial charge is 0.463 e. The molecule has 5 nitrogen and oxygen atoms in total. The second kappa shape index (κ2) is 6.79. The van der Waals surface area contributed by atoms with Crippen molar-refractivity contribution in [2.24, 2.45) is 0 Å². The maximum absolute atomic E-state index is 13.3. The molecule has 0 spiro atoms. The van der Waals surface area contributed by atoms with Gasteiger partial charge < -0.3 is 10.1 Å². The molecule has 0 amide bonds. The molecule has 0 radical (unpaired) electrons. The van der Waals surface area contributed by atoms with Crippen LogP contribution < -0.4 is 10.1 Å². The van der Waals surface area contributed by atoms with Gasteiger partial charge in [-0.1, -0.05) is 18.2 Å². The van der Waals surface area contributed by atoms with E-state index in [-0.39, 0.29) is 5.82 Å². The van der Waals surface area contributed by atoms with Crippen LogP contribution in [0.4, 0.5) is 20.4 Å². The van der Waals surface area contributed by atoms with Gasteiger partial charge in [0.2, 0.25) is 12.8 Å². The molecule has 0 saturated carbocycles. The van der Waals surface area contributed by atoms with Crippen molar-refractivity contribution in [2.75, 3.05) is 12.2 Å². The number of pyridine rings is 1. The smallest absolute Gasteiger partial charge is 0.247 e. The predicted octanol–water partition coefficient (Wildman–Crippen LogP) is 4.58. The van der Waals surface area contributed by atoms with Crippen molar-refractivity contribution >= 4 is 17.3 Å². The van der Waals surface area contributed by atoms with Gasteiger partial charge >= 0.3 is 0 Å². The van der Waals surface area contributed by atoms with E-state index in [0.29, 0.717) is 23.0 Å². The number of fused-ring (bicyclic) bond motifs is 1. The van der Waals surface area contributed by atoms with E-state index in [2.05, 4.69) is 15.4 Å². The first-order valence-electron chi connectivity index (χ1n) is 7.90. The van der Waals surface area contributed by atoms with Crippen LogP contribution in [-0.4, -0.2) is 21.5 Å². The van der Waals surface area contributed by atoms with Crippen LogP contribution in [0, 0.1) is 5.82 Å². The lowest BCUT2D eigenvalue weighted by Gasteiger charge is -2.06. The average molecular weight is 352 g/mol. The fourth-order valence-electron chi connectivity index (χ4n) is 2.70. The van der Waals surface area contributed by atoms with Crippen molar-refractivity contribution in [2.45, 2.75) is 0 Å². The zero-order valence-electron chi connectivity index (χ0n) is 13.6. The number of ether oxygens (including phenoxy) is 1. The molecule has 4 rings (SSSR count). The number of hydrogen-bond acceptors (Lipinski definition) is 4. The molecule has 0 saturated heterocycles. The highest BCUT2D eigenvalue weighted by Crippen LogP contribution is 2.28. The summed E-state index contributed by atoms with van der Waals surface area (Å²) in [6.45, 7) is -0.889. The van der Waals surface area contributed by atoms with Crippen LogP contribution >= 0.6 is 0 Å². The van der Waals surface area contributed by atoms with Gasteiger partial charge in [-0.15, -0.1) is 5.10 Å². The standard InChI is InChI=1S/C19H14F2N4O/c20-12-26-16-7-1-4-13(10-16)17-8-3-9-25-18(17)23-19(24-25)22-15-6-2-5-14(21)11-15/h1-11H,12H2,(H,22,24). The van der Waals surface area contributed by atoms with Gasteiger partial charge in [0, 0.05) is 17.4 Å². The predicted molar refractivity (Wildman–Crippen MR) is 94.7 cm³/mol. The molecule has 2 heterocycles. The van der Waals surface area contributed by atoms with E-state index in [9.17, 15) is 8.78 Å². The monoisotopic (exact) mass is 352 g/mol. The Kier molecular flexibility index (Phi) is 4.18. The lowest BCUT2D eigenvalue weighted by molar-refractivity contribution is 0.192.